The Morgan fingerprint density at radius 1 is 1.32 bits per heavy atom. The second-order valence-corrected chi connectivity index (χ2v) is 8.43. The van der Waals surface area contributed by atoms with Crippen LogP contribution < -0.4 is 16.4 Å². The normalized spacial score (nSPS) is 23.9. The van der Waals surface area contributed by atoms with E-state index in [1.165, 1.54) is 10.9 Å². The average molecular weight is 446 g/mol. The van der Waals surface area contributed by atoms with Gasteiger partial charge in [0, 0.05) is 12.2 Å². The van der Waals surface area contributed by atoms with Crippen molar-refractivity contribution in [3.8, 4) is 0 Å². The number of allylic oxidation sites excluding steroid dienone is 1. The first-order valence-corrected chi connectivity index (χ1v) is 10.4. The number of hydrogen-bond acceptors (Lipinski definition) is 8. The fraction of sp³-hybridized carbons (Fsp3) is 0.450. The van der Waals surface area contributed by atoms with Crippen molar-refractivity contribution >= 4 is 40.9 Å². The Hall–Kier alpha value is -3.14. The van der Waals surface area contributed by atoms with Gasteiger partial charge in [0.1, 0.15) is 11.6 Å². The van der Waals surface area contributed by atoms with E-state index >= 15 is 0 Å². The number of rotatable bonds is 8. The van der Waals surface area contributed by atoms with Crippen molar-refractivity contribution in [2.45, 2.75) is 39.0 Å². The minimum atomic E-state index is -0.372. The molecule has 164 valence electrons. The molecule has 0 spiro atoms. The molecular formula is C20H24ClN7O3. The van der Waals surface area contributed by atoms with Crippen LogP contribution in [0.5, 0.6) is 0 Å². The summed E-state index contributed by atoms with van der Waals surface area (Å²) in [5.74, 6) is 0.0559. The molecule has 2 aliphatic rings. The lowest BCUT2D eigenvalue weighted by Gasteiger charge is -2.27. The van der Waals surface area contributed by atoms with E-state index < -0.39 is 0 Å². The molecule has 2 aromatic heterocycles. The van der Waals surface area contributed by atoms with E-state index in [1.807, 2.05) is 0 Å². The van der Waals surface area contributed by atoms with E-state index in [0.717, 1.165) is 6.42 Å². The average Bonchev–Trinajstić information content (AvgIpc) is 3.40. The summed E-state index contributed by atoms with van der Waals surface area (Å²) in [4.78, 5) is 32.4. The van der Waals surface area contributed by atoms with Crippen molar-refractivity contribution in [2.24, 2.45) is 23.5 Å². The van der Waals surface area contributed by atoms with Gasteiger partial charge in [0.25, 0.3) is 0 Å². The highest BCUT2D eigenvalue weighted by atomic mass is 35.5. The highest BCUT2D eigenvalue weighted by molar-refractivity contribution is 6.32. The number of carbonyl (C=O) groups is 2. The molecule has 0 aromatic carbocycles. The number of fused-ring (bicyclic) bond motifs is 2. The van der Waals surface area contributed by atoms with Crippen LogP contribution in [0.4, 0.5) is 17.5 Å². The number of halogens is 1. The highest BCUT2D eigenvalue weighted by Gasteiger charge is 2.47. The van der Waals surface area contributed by atoms with E-state index in [4.69, 9.17) is 22.1 Å². The zero-order valence-electron chi connectivity index (χ0n) is 17.2. The number of esters is 1. The number of hydrogen-bond donors (Lipinski definition) is 3. The number of nitrogens with zero attached hydrogens (tertiary/aromatic N) is 4. The van der Waals surface area contributed by atoms with Crippen LogP contribution in [-0.2, 0) is 20.9 Å². The van der Waals surface area contributed by atoms with Crippen molar-refractivity contribution in [3.05, 3.63) is 35.8 Å². The van der Waals surface area contributed by atoms with Gasteiger partial charge in [0.05, 0.1) is 30.1 Å². The van der Waals surface area contributed by atoms with Gasteiger partial charge in [-0.25, -0.2) is 4.98 Å². The minimum Gasteiger partial charge on any atom is -0.462 e. The number of anilines is 3. The zero-order chi connectivity index (χ0) is 22.1. The summed E-state index contributed by atoms with van der Waals surface area (Å²) in [6.45, 7) is 3.58. The molecule has 31 heavy (non-hydrogen) atoms. The van der Waals surface area contributed by atoms with Crippen molar-refractivity contribution < 1.29 is 14.3 Å². The smallest absolute Gasteiger partial charge is 0.328 e. The summed E-state index contributed by atoms with van der Waals surface area (Å²) in [5.41, 5.74) is 6.23. The highest BCUT2D eigenvalue weighted by Crippen LogP contribution is 2.45. The first kappa shape index (κ1) is 21.1. The molecule has 11 heteroatoms. The molecule has 2 aromatic rings. The lowest BCUT2D eigenvalue weighted by Crippen LogP contribution is -2.41. The second kappa shape index (κ2) is 8.54. The molecule has 4 N–H and O–H groups in total. The number of amides is 1. The van der Waals surface area contributed by atoms with Gasteiger partial charge in [0.15, 0.2) is 5.82 Å². The van der Waals surface area contributed by atoms with E-state index in [2.05, 4.69) is 37.9 Å². The molecule has 4 rings (SSSR count). The van der Waals surface area contributed by atoms with E-state index in [9.17, 15) is 9.59 Å². The van der Waals surface area contributed by atoms with Crippen LogP contribution in [0.3, 0.4) is 0 Å². The first-order valence-electron chi connectivity index (χ1n) is 10.1. The molecule has 2 heterocycles. The summed E-state index contributed by atoms with van der Waals surface area (Å²) in [7, 11) is 0. The van der Waals surface area contributed by atoms with E-state index in [1.54, 1.807) is 26.2 Å². The maximum atomic E-state index is 12.0. The lowest BCUT2D eigenvalue weighted by atomic mass is 9.88. The number of carbonyl (C=O) groups excluding carboxylic acids is 2. The summed E-state index contributed by atoms with van der Waals surface area (Å²) in [6.07, 6.45) is 9.54. The molecule has 0 radical (unpaired) electrons. The van der Waals surface area contributed by atoms with Crippen LogP contribution in [0.1, 0.15) is 20.3 Å². The molecule has 10 nitrogen and oxygen atoms in total. The van der Waals surface area contributed by atoms with Gasteiger partial charge in [-0.3, -0.25) is 14.3 Å². The maximum Gasteiger partial charge on any atom is 0.328 e. The van der Waals surface area contributed by atoms with Gasteiger partial charge < -0.3 is 21.1 Å². The Morgan fingerprint density at radius 2 is 2.10 bits per heavy atom. The molecular weight excluding hydrogens is 422 g/mol. The van der Waals surface area contributed by atoms with E-state index in [0.29, 0.717) is 22.5 Å². The molecule has 0 aliphatic heterocycles. The van der Waals surface area contributed by atoms with Crippen LogP contribution in [0.2, 0.25) is 5.02 Å². The molecule has 0 unspecified atom stereocenters. The number of nitrogens with one attached hydrogen (secondary N) is 2. The number of nitrogens with two attached hydrogens (primary N) is 1. The predicted octanol–water partition coefficient (Wildman–Crippen LogP) is 2.11. The fourth-order valence-electron chi connectivity index (χ4n) is 4.17. The van der Waals surface area contributed by atoms with E-state index in [-0.39, 0.29) is 48.3 Å². The number of ether oxygens (including phenoxy) is 1. The standard InChI is InChI=1S/C20H24ClN7O3/c1-10(2)31-15(29)9-28-8-13(6-24-28)25-20-23-7-14(21)19(27-20)26-17-12-4-3-11(5-12)16(17)18(22)30/h3-4,6-8,10-12,16-17H,5,9H2,1-2H3,(H2,22,30)(H2,23,25,26,27)/t11-,12+,16+,17-/m1/s1. The van der Waals surface area contributed by atoms with Gasteiger partial charge >= 0.3 is 5.97 Å². The Bertz CT molecular complexity index is 1020. The molecule has 1 saturated carbocycles. The van der Waals surface area contributed by atoms with Crippen LogP contribution >= 0.6 is 11.6 Å². The fourth-order valence-corrected chi connectivity index (χ4v) is 4.32. The minimum absolute atomic E-state index is 0.000396. The summed E-state index contributed by atoms with van der Waals surface area (Å²) < 4.78 is 6.57. The third-order valence-electron chi connectivity index (χ3n) is 5.38. The first-order chi connectivity index (χ1) is 14.8. The van der Waals surface area contributed by atoms with Crippen LogP contribution in [-0.4, -0.2) is 43.8 Å². The van der Waals surface area contributed by atoms with Crippen LogP contribution in [0.25, 0.3) is 0 Å². The summed E-state index contributed by atoms with van der Waals surface area (Å²) >= 11 is 6.29. The summed E-state index contributed by atoms with van der Waals surface area (Å²) in [5, 5.41) is 10.8. The number of aromatic nitrogens is 4. The van der Waals surface area contributed by atoms with Gasteiger partial charge in [-0.05, 0) is 32.1 Å². The van der Waals surface area contributed by atoms with Gasteiger partial charge in [0.2, 0.25) is 11.9 Å². The Balaban J connectivity index is 1.45. The molecule has 1 fully saturated rings. The largest absolute Gasteiger partial charge is 0.462 e. The Labute approximate surface area is 184 Å². The summed E-state index contributed by atoms with van der Waals surface area (Å²) in [6, 6.07) is -0.164. The van der Waals surface area contributed by atoms with Crippen molar-refractivity contribution in [2.75, 3.05) is 10.6 Å². The lowest BCUT2D eigenvalue weighted by molar-refractivity contribution is -0.148. The Morgan fingerprint density at radius 3 is 2.84 bits per heavy atom. The number of primary amides is 1. The second-order valence-electron chi connectivity index (χ2n) is 8.03. The molecule has 1 amide bonds. The van der Waals surface area contributed by atoms with Gasteiger partial charge in [-0.2, -0.15) is 10.1 Å². The maximum absolute atomic E-state index is 12.0. The monoisotopic (exact) mass is 445 g/mol. The molecule has 2 aliphatic carbocycles. The quantitative estimate of drug-likeness (QED) is 0.415. The molecule has 2 bridgehead atoms. The topological polar surface area (TPSA) is 137 Å². The van der Waals surface area contributed by atoms with Crippen LogP contribution in [0.15, 0.2) is 30.7 Å². The molecule has 0 saturated heterocycles. The zero-order valence-corrected chi connectivity index (χ0v) is 17.9. The Kier molecular flexibility index (Phi) is 5.81. The van der Waals surface area contributed by atoms with Crippen molar-refractivity contribution in [1.82, 2.24) is 19.7 Å². The van der Waals surface area contributed by atoms with Crippen molar-refractivity contribution in [3.63, 3.8) is 0 Å². The molecule has 4 atom stereocenters. The SMILES string of the molecule is CC(C)OC(=O)Cn1cc(Nc2ncc(Cl)c(N[C@H]3[C@@H](C(N)=O)[C@@H]4C=C[C@H]3C4)n2)cn1. The van der Waals surface area contributed by atoms with Crippen molar-refractivity contribution in [1.29, 1.82) is 0 Å². The third-order valence-corrected chi connectivity index (χ3v) is 5.66. The third kappa shape index (κ3) is 4.63. The predicted molar refractivity (Wildman–Crippen MR) is 115 cm³/mol. The van der Waals surface area contributed by atoms with Gasteiger partial charge in [-0.1, -0.05) is 23.8 Å². The van der Waals surface area contributed by atoms with Crippen LogP contribution in [0, 0.1) is 17.8 Å². The van der Waals surface area contributed by atoms with Gasteiger partial charge in [-0.15, -0.1) is 0 Å².